The number of benzene rings is 2. The molecule has 0 amide bonds. The molecule has 0 spiro atoms. The summed E-state index contributed by atoms with van der Waals surface area (Å²) in [4.78, 5) is 1.97. The first-order chi connectivity index (χ1) is 8.56. The van der Waals surface area contributed by atoms with Gasteiger partial charge in [-0.2, -0.15) is 0 Å². The van der Waals surface area contributed by atoms with Crippen LogP contribution in [0.5, 0.6) is 0 Å². The Morgan fingerprint density at radius 1 is 1.22 bits per heavy atom. The van der Waals surface area contributed by atoms with E-state index in [-0.39, 0.29) is 5.82 Å². The minimum atomic E-state index is -0.282. The van der Waals surface area contributed by atoms with Gasteiger partial charge in [-0.1, -0.05) is 17.7 Å². The summed E-state index contributed by atoms with van der Waals surface area (Å²) in [5, 5.41) is 0.562. The van der Waals surface area contributed by atoms with Crippen LogP contribution >= 0.6 is 11.6 Å². The Kier molecular flexibility index (Phi) is 3.72. The van der Waals surface area contributed by atoms with Crippen LogP contribution in [-0.2, 0) is 6.54 Å². The molecule has 4 heteroatoms. The summed E-state index contributed by atoms with van der Waals surface area (Å²) in [5.74, 6) is -0.282. The Labute approximate surface area is 111 Å². The Balaban J connectivity index is 2.21. The summed E-state index contributed by atoms with van der Waals surface area (Å²) in [6.07, 6.45) is 0. The van der Waals surface area contributed by atoms with Crippen LogP contribution in [0.15, 0.2) is 42.5 Å². The Morgan fingerprint density at radius 2 is 2.00 bits per heavy atom. The fourth-order valence-corrected chi connectivity index (χ4v) is 1.95. The van der Waals surface area contributed by atoms with Crippen molar-refractivity contribution >= 4 is 23.0 Å². The van der Waals surface area contributed by atoms with Crippen LogP contribution in [0.2, 0.25) is 5.02 Å². The summed E-state index contributed by atoms with van der Waals surface area (Å²) in [5.41, 5.74) is 8.15. The highest BCUT2D eigenvalue weighted by molar-refractivity contribution is 6.31. The van der Waals surface area contributed by atoms with Crippen LogP contribution in [-0.4, -0.2) is 7.05 Å². The maximum Gasteiger partial charge on any atom is 0.123 e. The van der Waals surface area contributed by atoms with Crippen molar-refractivity contribution in [2.24, 2.45) is 0 Å². The molecule has 18 heavy (non-hydrogen) atoms. The average Bonchev–Trinajstić information content (AvgIpc) is 2.34. The fraction of sp³-hybridized carbons (Fsp3) is 0.143. The first kappa shape index (κ1) is 12.7. The van der Waals surface area contributed by atoms with Crippen LogP contribution in [0, 0.1) is 5.82 Å². The van der Waals surface area contributed by atoms with Gasteiger partial charge in [-0.25, -0.2) is 4.39 Å². The lowest BCUT2D eigenvalue weighted by Gasteiger charge is -2.20. The summed E-state index contributed by atoms with van der Waals surface area (Å²) in [6, 6.07) is 11.9. The topological polar surface area (TPSA) is 29.3 Å². The molecule has 94 valence electrons. The molecule has 0 aliphatic rings. The molecule has 2 aromatic carbocycles. The molecule has 2 N–H and O–H groups in total. The third-order valence-corrected chi connectivity index (χ3v) is 3.09. The minimum Gasteiger partial charge on any atom is -0.399 e. The molecule has 0 aromatic heterocycles. The van der Waals surface area contributed by atoms with E-state index in [1.807, 2.05) is 36.2 Å². The van der Waals surface area contributed by atoms with Crippen LogP contribution in [0.1, 0.15) is 5.56 Å². The minimum absolute atomic E-state index is 0.282. The molecule has 0 fully saturated rings. The fourth-order valence-electron chi connectivity index (χ4n) is 1.77. The van der Waals surface area contributed by atoms with E-state index >= 15 is 0 Å². The van der Waals surface area contributed by atoms with Gasteiger partial charge < -0.3 is 10.6 Å². The molecule has 2 nitrogen and oxygen atoms in total. The van der Waals surface area contributed by atoms with Crippen molar-refractivity contribution in [1.29, 1.82) is 0 Å². The first-order valence-electron chi connectivity index (χ1n) is 5.57. The molecule has 0 aliphatic carbocycles. The zero-order valence-corrected chi connectivity index (χ0v) is 10.8. The first-order valence-corrected chi connectivity index (χ1v) is 5.94. The monoisotopic (exact) mass is 264 g/mol. The van der Waals surface area contributed by atoms with Crippen LogP contribution in [0.3, 0.4) is 0 Å². The lowest BCUT2D eigenvalue weighted by atomic mass is 10.2. The SMILES string of the molecule is CN(Cc1cc(F)ccc1Cl)c1cccc(N)c1. The van der Waals surface area contributed by atoms with E-state index in [0.29, 0.717) is 17.3 Å². The standard InChI is InChI=1S/C14H14ClFN2/c1-18(13-4-2-3-12(17)8-13)9-10-7-11(16)5-6-14(10)15/h2-8H,9,17H2,1H3. The van der Waals surface area contributed by atoms with Gasteiger partial charge in [0.25, 0.3) is 0 Å². The molecular formula is C14H14ClFN2. The molecule has 0 aliphatic heterocycles. The number of hydrogen-bond donors (Lipinski definition) is 1. The number of anilines is 2. The van der Waals surface area contributed by atoms with E-state index in [4.69, 9.17) is 17.3 Å². The number of hydrogen-bond acceptors (Lipinski definition) is 2. The van der Waals surface area contributed by atoms with Gasteiger partial charge in [0.1, 0.15) is 5.82 Å². The predicted octanol–water partition coefficient (Wildman–Crippen LogP) is 3.70. The second-order valence-electron chi connectivity index (χ2n) is 4.19. The normalized spacial score (nSPS) is 10.4. The highest BCUT2D eigenvalue weighted by Gasteiger charge is 2.07. The Morgan fingerprint density at radius 3 is 2.72 bits per heavy atom. The lowest BCUT2D eigenvalue weighted by Crippen LogP contribution is -2.16. The van der Waals surface area contributed by atoms with Gasteiger partial charge in [-0.3, -0.25) is 0 Å². The third kappa shape index (κ3) is 2.93. The molecule has 0 heterocycles. The highest BCUT2D eigenvalue weighted by Crippen LogP contribution is 2.22. The lowest BCUT2D eigenvalue weighted by molar-refractivity contribution is 0.625. The van der Waals surface area contributed by atoms with E-state index < -0.39 is 0 Å². The molecule has 2 aromatic rings. The summed E-state index contributed by atoms with van der Waals surface area (Å²) >= 11 is 6.04. The van der Waals surface area contributed by atoms with Crippen molar-refractivity contribution < 1.29 is 4.39 Å². The van der Waals surface area contributed by atoms with Gasteiger partial charge in [0.2, 0.25) is 0 Å². The number of rotatable bonds is 3. The quantitative estimate of drug-likeness (QED) is 0.857. The Bertz CT molecular complexity index is 557. The van der Waals surface area contributed by atoms with Gasteiger partial charge in [0.05, 0.1) is 0 Å². The average molecular weight is 265 g/mol. The third-order valence-electron chi connectivity index (χ3n) is 2.73. The second-order valence-corrected chi connectivity index (χ2v) is 4.59. The van der Waals surface area contributed by atoms with Crippen molar-refractivity contribution in [2.75, 3.05) is 17.7 Å². The predicted molar refractivity (Wildman–Crippen MR) is 74.4 cm³/mol. The molecular weight excluding hydrogens is 251 g/mol. The van der Waals surface area contributed by atoms with Gasteiger partial charge in [0, 0.05) is 30.0 Å². The van der Waals surface area contributed by atoms with Crippen LogP contribution < -0.4 is 10.6 Å². The zero-order valence-electron chi connectivity index (χ0n) is 10.0. The van der Waals surface area contributed by atoms with Gasteiger partial charge in [0.15, 0.2) is 0 Å². The van der Waals surface area contributed by atoms with E-state index in [9.17, 15) is 4.39 Å². The van der Waals surface area contributed by atoms with Crippen LogP contribution in [0.25, 0.3) is 0 Å². The van der Waals surface area contributed by atoms with Gasteiger partial charge in [-0.15, -0.1) is 0 Å². The van der Waals surface area contributed by atoms with Gasteiger partial charge in [-0.05, 0) is 42.0 Å². The highest BCUT2D eigenvalue weighted by atomic mass is 35.5. The summed E-state index contributed by atoms with van der Waals surface area (Å²) in [6.45, 7) is 0.528. The number of nitrogens with two attached hydrogens (primary N) is 1. The van der Waals surface area contributed by atoms with E-state index in [2.05, 4.69) is 0 Å². The molecule has 0 saturated heterocycles. The molecule has 0 radical (unpaired) electrons. The number of nitrogens with zero attached hydrogens (tertiary/aromatic N) is 1. The van der Waals surface area contributed by atoms with E-state index in [1.165, 1.54) is 12.1 Å². The number of halogens is 2. The van der Waals surface area contributed by atoms with Crippen molar-refractivity contribution in [2.45, 2.75) is 6.54 Å². The Hall–Kier alpha value is -1.74. The molecule has 0 bridgehead atoms. The summed E-state index contributed by atoms with van der Waals surface area (Å²) in [7, 11) is 1.91. The second kappa shape index (κ2) is 5.27. The van der Waals surface area contributed by atoms with Crippen molar-refractivity contribution in [1.82, 2.24) is 0 Å². The largest absolute Gasteiger partial charge is 0.399 e. The maximum atomic E-state index is 13.2. The maximum absolute atomic E-state index is 13.2. The van der Waals surface area contributed by atoms with Crippen molar-refractivity contribution in [3.63, 3.8) is 0 Å². The summed E-state index contributed by atoms with van der Waals surface area (Å²) < 4.78 is 13.2. The van der Waals surface area contributed by atoms with Crippen LogP contribution in [0.4, 0.5) is 15.8 Å². The molecule has 0 saturated carbocycles. The zero-order chi connectivity index (χ0) is 13.1. The molecule has 0 atom stereocenters. The van der Waals surface area contributed by atoms with Gasteiger partial charge >= 0.3 is 0 Å². The number of nitrogen functional groups attached to an aromatic ring is 1. The molecule has 2 rings (SSSR count). The smallest absolute Gasteiger partial charge is 0.123 e. The molecule has 0 unspecified atom stereocenters. The van der Waals surface area contributed by atoms with Crippen molar-refractivity contribution in [3.8, 4) is 0 Å². The van der Waals surface area contributed by atoms with E-state index in [1.54, 1.807) is 6.07 Å². The van der Waals surface area contributed by atoms with Crippen molar-refractivity contribution in [3.05, 3.63) is 58.9 Å². The van der Waals surface area contributed by atoms with E-state index in [0.717, 1.165) is 11.3 Å².